The van der Waals surface area contributed by atoms with Crippen LogP contribution in [-0.2, 0) is 23.7 Å². The van der Waals surface area contributed by atoms with Crippen molar-refractivity contribution in [3.05, 3.63) is 47.8 Å². The molecule has 5 rings (SSSR count). The largest absolute Gasteiger partial charge is 0.457 e. The van der Waals surface area contributed by atoms with Crippen LogP contribution in [0.3, 0.4) is 0 Å². The Morgan fingerprint density at radius 2 is 2.05 bits per heavy atom. The standard InChI is InChI=1S/C28H37NO8/c1-13-11-14(2)28-17(12-20(34-5)27(33)35-23(13)16(4)30)8-9-18-21(28)22(31)15(3)24(25(18)37-28)36-26(32)19-7-6-10-29-19/h6-11,13,15-18,20-25,29-31H,12H2,1-5H3/b14-11+/t13-,15-,16?,17?,18-,20+,21+,22-,23+,24-,25-,28+/m1/s1. The number of aliphatic hydroxyl groups excluding tert-OH is 2. The van der Waals surface area contributed by atoms with Gasteiger partial charge in [-0.3, -0.25) is 0 Å². The van der Waals surface area contributed by atoms with Crippen LogP contribution in [0.1, 0.15) is 44.6 Å². The Morgan fingerprint density at radius 3 is 2.70 bits per heavy atom. The first-order valence-electron chi connectivity index (χ1n) is 13.1. The molecule has 9 nitrogen and oxygen atoms in total. The summed E-state index contributed by atoms with van der Waals surface area (Å²) >= 11 is 0. The first-order chi connectivity index (χ1) is 17.6. The van der Waals surface area contributed by atoms with Crippen molar-refractivity contribution in [3.8, 4) is 0 Å². The maximum atomic E-state index is 13.1. The van der Waals surface area contributed by atoms with Gasteiger partial charge in [-0.2, -0.15) is 0 Å². The maximum Gasteiger partial charge on any atom is 0.355 e. The molecular formula is C28H37NO8. The van der Waals surface area contributed by atoms with Gasteiger partial charge in [-0.05, 0) is 38.0 Å². The van der Waals surface area contributed by atoms with Crippen molar-refractivity contribution in [2.24, 2.45) is 29.6 Å². The van der Waals surface area contributed by atoms with Gasteiger partial charge in [0.2, 0.25) is 0 Å². The lowest BCUT2D eigenvalue weighted by Crippen LogP contribution is -2.57. The number of aromatic amines is 1. The van der Waals surface area contributed by atoms with Gasteiger partial charge in [-0.15, -0.1) is 0 Å². The van der Waals surface area contributed by atoms with E-state index in [9.17, 15) is 19.8 Å². The fourth-order valence-corrected chi connectivity index (χ4v) is 7.14. The van der Waals surface area contributed by atoms with E-state index in [2.05, 4.69) is 4.98 Å². The van der Waals surface area contributed by atoms with Gasteiger partial charge in [-0.1, -0.05) is 32.1 Å². The molecule has 0 radical (unpaired) electrons. The minimum atomic E-state index is -0.933. The molecular weight excluding hydrogens is 478 g/mol. The van der Waals surface area contributed by atoms with Crippen molar-refractivity contribution in [1.82, 2.24) is 4.98 Å². The molecule has 2 aliphatic heterocycles. The number of methoxy groups -OCH3 is 1. The Kier molecular flexibility index (Phi) is 6.85. The minimum absolute atomic E-state index is 0.175. The molecule has 0 aromatic carbocycles. The molecule has 0 amide bonds. The maximum absolute atomic E-state index is 13.1. The van der Waals surface area contributed by atoms with Crippen LogP contribution in [0.4, 0.5) is 0 Å². The Morgan fingerprint density at radius 1 is 1.30 bits per heavy atom. The van der Waals surface area contributed by atoms with E-state index in [4.69, 9.17) is 18.9 Å². The van der Waals surface area contributed by atoms with E-state index in [1.54, 1.807) is 25.3 Å². The van der Waals surface area contributed by atoms with Crippen LogP contribution >= 0.6 is 0 Å². The predicted octanol–water partition coefficient (Wildman–Crippen LogP) is 2.40. The number of aliphatic hydroxyl groups is 2. The molecule has 1 aromatic heterocycles. The summed E-state index contributed by atoms with van der Waals surface area (Å²) in [6, 6.07) is 3.37. The Bertz CT molecular complexity index is 1080. The summed E-state index contributed by atoms with van der Waals surface area (Å²) in [5, 5.41) is 22.1. The third-order valence-corrected chi connectivity index (χ3v) is 8.94. The zero-order valence-corrected chi connectivity index (χ0v) is 21.9. The summed E-state index contributed by atoms with van der Waals surface area (Å²) < 4.78 is 24.2. The van der Waals surface area contributed by atoms with Crippen LogP contribution in [0.15, 0.2) is 42.1 Å². The van der Waals surface area contributed by atoms with Crippen molar-refractivity contribution in [1.29, 1.82) is 0 Å². The highest BCUT2D eigenvalue weighted by atomic mass is 16.6. The van der Waals surface area contributed by atoms with E-state index in [0.29, 0.717) is 5.69 Å². The quantitative estimate of drug-likeness (QED) is 0.412. The summed E-state index contributed by atoms with van der Waals surface area (Å²) in [6.07, 6.45) is 3.53. The van der Waals surface area contributed by atoms with Crippen molar-refractivity contribution in [2.45, 2.75) is 76.3 Å². The molecule has 2 fully saturated rings. The number of hydrogen-bond acceptors (Lipinski definition) is 8. The topological polar surface area (TPSA) is 127 Å². The SMILES string of the molecule is CO[C@H]1CC2C=C[C@H]3[C@H]4O[C@]2(/C(C)=C/[C@@H](C)[C@@H](C(C)O)OC1=O)[C@@H]3[C@H](O)[C@@H](C)[C@H]4OC(=O)c1ccc[nH]1. The van der Waals surface area contributed by atoms with Crippen molar-refractivity contribution in [2.75, 3.05) is 7.11 Å². The molecule has 1 aromatic rings. The van der Waals surface area contributed by atoms with E-state index >= 15 is 0 Å². The van der Waals surface area contributed by atoms with Gasteiger partial charge < -0.3 is 34.1 Å². The third-order valence-electron chi connectivity index (χ3n) is 8.94. The molecule has 1 saturated carbocycles. The van der Waals surface area contributed by atoms with Gasteiger partial charge >= 0.3 is 11.9 Å². The zero-order valence-electron chi connectivity index (χ0n) is 21.9. The second-order valence-electron chi connectivity index (χ2n) is 11.1. The molecule has 2 aliphatic carbocycles. The smallest absolute Gasteiger partial charge is 0.355 e. The van der Waals surface area contributed by atoms with Gasteiger partial charge in [0.25, 0.3) is 0 Å². The van der Waals surface area contributed by atoms with E-state index in [0.717, 1.165) is 5.57 Å². The van der Waals surface area contributed by atoms with Crippen molar-refractivity contribution >= 4 is 11.9 Å². The lowest BCUT2D eigenvalue weighted by atomic mass is 9.57. The molecule has 4 bridgehead atoms. The minimum Gasteiger partial charge on any atom is -0.457 e. The predicted molar refractivity (Wildman–Crippen MR) is 132 cm³/mol. The molecule has 1 saturated heterocycles. The van der Waals surface area contributed by atoms with Crippen molar-refractivity contribution < 1.29 is 38.7 Å². The van der Waals surface area contributed by atoms with Crippen LogP contribution < -0.4 is 0 Å². The third kappa shape index (κ3) is 4.07. The number of carbonyl (C=O) groups excluding carboxylic acids is 2. The number of H-pyrrole nitrogens is 1. The number of nitrogens with one attached hydrogen (secondary N) is 1. The van der Waals surface area contributed by atoms with E-state index in [-0.39, 0.29) is 36.0 Å². The van der Waals surface area contributed by atoms with Gasteiger partial charge in [0.15, 0.2) is 6.10 Å². The number of esters is 2. The van der Waals surface area contributed by atoms with Crippen LogP contribution in [0.2, 0.25) is 0 Å². The molecule has 9 heteroatoms. The number of cyclic esters (lactones) is 1. The van der Waals surface area contributed by atoms with Crippen LogP contribution in [0, 0.1) is 29.6 Å². The molecule has 2 unspecified atom stereocenters. The molecule has 37 heavy (non-hydrogen) atoms. The van der Waals surface area contributed by atoms with Gasteiger partial charge in [0.1, 0.15) is 29.6 Å². The Labute approximate surface area is 216 Å². The average molecular weight is 516 g/mol. The molecule has 3 heterocycles. The highest BCUT2D eigenvalue weighted by Crippen LogP contribution is 2.61. The molecule has 1 spiro atoms. The summed E-state index contributed by atoms with van der Waals surface area (Å²) in [7, 11) is 1.46. The van der Waals surface area contributed by atoms with Crippen LogP contribution in [0.5, 0.6) is 0 Å². The number of hydrogen-bond donors (Lipinski definition) is 3. The normalized spacial score (nSPS) is 45.3. The lowest BCUT2D eigenvalue weighted by Gasteiger charge is -2.48. The molecule has 3 N–H and O–H groups in total. The summed E-state index contributed by atoms with van der Waals surface area (Å²) in [5.74, 6) is -2.49. The first kappa shape index (κ1) is 26.2. The number of aromatic nitrogens is 1. The lowest BCUT2D eigenvalue weighted by molar-refractivity contribution is -0.172. The van der Waals surface area contributed by atoms with Crippen molar-refractivity contribution in [3.63, 3.8) is 0 Å². The van der Waals surface area contributed by atoms with Crippen LogP contribution in [-0.4, -0.2) is 76.5 Å². The molecule has 202 valence electrons. The van der Waals surface area contributed by atoms with Gasteiger partial charge in [-0.25, -0.2) is 9.59 Å². The molecule has 4 aliphatic rings. The highest BCUT2D eigenvalue weighted by Gasteiger charge is 2.69. The van der Waals surface area contributed by atoms with E-state index in [1.165, 1.54) is 7.11 Å². The second kappa shape index (κ2) is 9.69. The van der Waals surface area contributed by atoms with E-state index < -0.39 is 54.2 Å². The number of ether oxygens (including phenoxy) is 4. The molecule has 12 atom stereocenters. The fraction of sp³-hybridized carbons (Fsp3) is 0.643. The summed E-state index contributed by atoms with van der Waals surface area (Å²) in [4.78, 5) is 28.8. The first-order valence-corrected chi connectivity index (χ1v) is 13.1. The number of rotatable bonds is 4. The Balaban J connectivity index is 1.58. The zero-order chi connectivity index (χ0) is 26.6. The van der Waals surface area contributed by atoms with Crippen LogP contribution in [0.25, 0.3) is 0 Å². The fourth-order valence-electron chi connectivity index (χ4n) is 7.14. The Hall–Kier alpha value is -2.46. The van der Waals surface area contributed by atoms with E-state index in [1.807, 2.05) is 39.0 Å². The second-order valence-corrected chi connectivity index (χ2v) is 11.1. The number of carbonyl (C=O) groups is 2. The van der Waals surface area contributed by atoms with Gasteiger partial charge in [0.05, 0.1) is 12.2 Å². The monoisotopic (exact) mass is 515 g/mol. The van der Waals surface area contributed by atoms with Gasteiger partial charge in [0, 0.05) is 42.9 Å². The average Bonchev–Trinajstić information content (AvgIpc) is 3.46. The summed E-state index contributed by atoms with van der Waals surface area (Å²) in [5.41, 5.74) is 0.301. The highest BCUT2D eigenvalue weighted by molar-refractivity contribution is 5.87. The summed E-state index contributed by atoms with van der Waals surface area (Å²) in [6.45, 7) is 7.35.